The van der Waals surface area contributed by atoms with Gasteiger partial charge in [-0.2, -0.15) is 4.98 Å². The molecule has 1 N–H and O–H groups in total. The molecule has 0 aliphatic heterocycles. The Hall–Kier alpha value is -2.87. The Morgan fingerprint density at radius 3 is 2.58 bits per heavy atom. The molecule has 1 heterocycles. The lowest BCUT2D eigenvalue weighted by Gasteiger charge is -2.19. The van der Waals surface area contributed by atoms with Crippen molar-refractivity contribution in [1.29, 1.82) is 0 Å². The average molecular weight is 374 g/mol. The first-order chi connectivity index (χ1) is 12.2. The third kappa shape index (κ3) is 3.03. The zero-order chi connectivity index (χ0) is 19.1. The zero-order valence-electron chi connectivity index (χ0n) is 14.6. The van der Waals surface area contributed by atoms with E-state index < -0.39 is 16.0 Å². The molecule has 0 fully saturated rings. The van der Waals surface area contributed by atoms with Crippen LogP contribution < -0.4 is 4.31 Å². The van der Waals surface area contributed by atoms with Gasteiger partial charge in [0.05, 0.1) is 10.5 Å². The number of oxazole rings is 1. The topological polar surface area (TPSA) is 101 Å². The van der Waals surface area contributed by atoms with Gasteiger partial charge in [-0.3, -0.25) is 0 Å². The second kappa shape index (κ2) is 6.45. The minimum Gasteiger partial charge on any atom is -0.478 e. The lowest BCUT2D eigenvalue weighted by Crippen LogP contribution is -2.31. The fraction of sp³-hybridized carbons (Fsp3) is 0.222. The first-order valence-corrected chi connectivity index (χ1v) is 9.42. The normalized spacial score (nSPS) is 11.7. The standard InChI is InChI=1S/C18H18N2O5S/c1-4-20(18-19-15-9-11(2)5-8-16(15)25-18)26(23,24)13-7-6-12(3)14(10-13)17(21)22/h5-10H,4H2,1-3H3,(H,21,22). The summed E-state index contributed by atoms with van der Waals surface area (Å²) in [6, 6.07) is 9.34. The molecule has 1 aromatic heterocycles. The summed E-state index contributed by atoms with van der Waals surface area (Å²) in [4.78, 5) is 15.5. The van der Waals surface area contributed by atoms with Crippen molar-refractivity contribution in [2.24, 2.45) is 0 Å². The van der Waals surface area contributed by atoms with Crippen molar-refractivity contribution in [1.82, 2.24) is 4.98 Å². The highest BCUT2D eigenvalue weighted by atomic mass is 32.2. The first kappa shape index (κ1) is 17.9. The third-order valence-electron chi connectivity index (χ3n) is 4.06. The lowest BCUT2D eigenvalue weighted by atomic mass is 10.1. The Labute approximate surface area is 150 Å². The maximum absolute atomic E-state index is 13.0. The molecule has 0 radical (unpaired) electrons. The molecule has 7 nitrogen and oxygen atoms in total. The number of carboxylic acids is 1. The summed E-state index contributed by atoms with van der Waals surface area (Å²) < 4.78 is 32.7. The SMILES string of the molecule is CCN(c1nc2cc(C)ccc2o1)S(=O)(=O)c1ccc(C)c(C(=O)O)c1. The second-order valence-electron chi connectivity index (χ2n) is 5.92. The number of fused-ring (bicyclic) bond motifs is 1. The highest BCUT2D eigenvalue weighted by Crippen LogP contribution is 2.28. The summed E-state index contributed by atoms with van der Waals surface area (Å²) in [5.74, 6) is -1.18. The number of carbonyl (C=O) groups is 1. The van der Waals surface area contributed by atoms with Gasteiger partial charge in [-0.1, -0.05) is 12.1 Å². The molecule has 0 spiro atoms. The van der Waals surface area contributed by atoms with E-state index in [2.05, 4.69) is 4.98 Å². The Morgan fingerprint density at radius 2 is 1.92 bits per heavy atom. The van der Waals surface area contributed by atoms with Crippen molar-refractivity contribution in [2.75, 3.05) is 10.8 Å². The van der Waals surface area contributed by atoms with Crippen LogP contribution in [0.3, 0.4) is 0 Å². The molecule has 0 aliphatic carbocycles. The van der Waals surface area contributed by atoms with E-state index in [0.717, 1.165) is 15.9 Å². The Balaban J connectivity index is 2.11. The summed E-state index contributed by atoms with van der Waals surface area (Å²) in [5, 5.41) is 9.25. The van der Waals surface area contributed by atoms with Gasteiger partial charge in [0, 0.05) is 6.54 Å². The van der Waals surface area contributed by atoms with Crippen molar-refractivity contribution >= 4 is 33.1 Å². The van der Waals surface area contributed by atoms with E-state index in [9.17, 15) is 18.3 Å². The molecule has 0 aliphatic rings. The minimum atomic E-state index is -4.02. The number of nitrogens with zero attached hydrogens (tertiary/aromatic N) is 2. The van der Waals surface area contributed by atoms with Crippen molar-refractivity contribution in [2.45, 2.75) is 25.7 Å². The van der Waals surface area contributed by atoms with Crippen LogP contribution in [0.1, 0.15) is 28.4 Å². The number of anilines is 1. The number of aromatic carboxylic acids is 1. The van der Waals surface area contributed by atoms with Gasteiger partial charge < -0.3 is 9.52 Å². The molecule has 0 unspecified atom stereocenters. The van der Waals surface area contributed by atoms with E-state index in [1.54, 1.807) is 26.0 Å². The fourth-order valence-electron chi connectivity index (χ4n) is 2.66. The molecule has 26 heavy (non-hydrogen) atoms. The van der Waals surface area contributed by atoms with Gasteiger partial charge in [-0.25, -0.2) is 17.5 Å². The number of hydrogen-bond donors (Lipinski definition) is 1. The van der Waals surface area contributed by atoms with Gasteiger partial charge in [-0.05, 0) is 56.2 Å². The number of aryl methyl sites for hydroxylation is 2. The molecule has 0 bridgehead atoms. The van der Waals surface area contributed by atoms with Crippen molar-refractivity contribution in [3.05, 3.63) is 53.1 Å². The van der Waals surface area contributed by atoms with Crippen LogP contribution in [0.4, 0.5) is 6.01 Å². The molecule has 0 amide bonds. The Kier molecular flexibility index (Phi) is 4.45. The molecule has 2 aromatic carbocycles. The van der Waals surface area contributed by atoms with Gasteiger partial charge in [0.1, 0.15) is 5.52 Å². The van der Waals surface area contributed by atoms with Crippen LogP contribution in [-0.4, -0.2) is 31.0 Å². The quantitative estimate of drug-likeness (QED) is 0.735. The largest absolute Gasteiger partial charge is 0.478 e. The Bertz CT molecular complexity index is 1100. The van der Waals surface area contributed by atoms with Crippen LogP contribution >= 0.6 is 0 Å². The van der Waals surface area contributed by atoms with Gasteiger partial charge in [-0.15, -0.1) is 0 Å². The number of rotatable bonds is 5. The lowest BCUT2D eigenvalue weighted by molar-refractivity contribution is 0.0696. The molecular formula is C18H18N2O5S. The first-order valence-electron chi connectivity index (χ1n) is 7.98. The second-order valence-corrected chi connectivity index (χ2v) is 7.78. The highest BCUT2D eigenvalue weighted by molar-refractivity contribution is 7.92. The minimum absolute atomic E-state index is 0.0504. The molecule has 0 atom stereocenters. The van der Waals surface area contributed by atoms with Crippen molar-refractivity contribution in [3.8, 4) is 0 Å². The van der Waals surface area contributed by atoms with Crippen LogP contribution in [0.5, 0.6) is 0 Å². The number of aromatic nitrogens is 1. The smallest absolute Gasteiger partial charge is 0.335 e. The van der Waals surface area contributed by atoms with E-state index >= 15 is 0 Å². The molecule has 0 saturated carbocycles. The number of sulfonamides is 1. The van der Waals surface area contributed by atoms with Crippen LogP contribution in [0, 0.1) is 13.8 Å². The van der Waals surface area contributed by atoms with E-state index in [1.165, 1.54) is 12.1 Å². The zero-order valence-corrected chi connectivity index (χ0v) is 15.4. The summed E-state index contributed by atoms with van der Waals surface area (Å²) >= 11 is 0. The average Bonchev–Trinajstić information content (AvgIpc) is 2.97. The maximum Gasteiger partial charge on any atom is 0.335 e. The number of benzene rings is 2. The fourth-order valence-corrected chi connectivity index (χ4v) is 4.04. The van der Waals surface area contributed by atoms with Crippen LogP contribution in [0.15, 0.2) is 45.7 Å². The predicted octanol–water partition coefficient (Wildman–Crippen LogP) is 3.36. The highest BCUT2D eigenvalue weighted by Gasteiger charge is 2.28. The Morgan fingerprint density at radius 1 is 1.19 bits per heavy atom. The summed E-state index contributed by atoms with van der Waals surface area (Å²) in [7, 11) is -4.02. The molecular weight excluding hydrogens is 356 g/mol. The molecule has 8 heteroatoms. The summed E-state index contributed by atoms with van der Waals surface area (Å²) in [5.41, 5.74) is 2.44. The van der Waals surface area contributed by atoms with Crippen LogP contribution in [0.2, 0.25) is 0 Å². The maximum atomic E-state index is 13.0. The summed E-state index contributed by atoms with van der Waals surface area (Å²) in [6.07, 6.45) is 0. The molecule has 3 aromatic rings. The monoisotopic (exact) mass is 374 g/mol. The summed E-state index contributed by atoms with van der Waals surface area (Å²) in [6.45, 7) is 5.26. The van der Waals surface area contributed by atoms with E-state index in [4.69, 9.17) is 4.42 Å². The van der Waals surface area contributed by atoms with Crippen molar-refractivity contribution in [3.63, 3.8) is 0 Å². The van der Waals surface area contributed by atoms with E-state index in [1.807, 2.05) is 13.0 Å². The number of carboxylic acid groups (broad SMARTS) is 1. The van der Waals surface area contributed by atoms with Crippen LogP contribution in [0.25, 0.3) is 11.1 Å². The molecule has 0 saturated heterocycles. The van der Waals surface area contributed by atoms with Gasteiger partial charge in [0.15, 0.2) is 5.58 Å². The van der Waals surface area contributed by atoms with Crippen molar-refractivity contribution < 1.29 is 22.7 Å². The van der Waals surface area contributed by atoms with E-state index in [0.29, 0.717) is 16.7 Å². The molecule has 136 valence electrons. The van der Waals surface area contributed by atoms with Gasteiger partial charge in [0.2, 0.25) is 0 Å². The number of hydrogen-bond acceptors (Lipinski definition) is 5. The van der Waals surface area contributed by atoms with Crippen LogP contribution in [-0.2, 0) is 10.0 Å². The molecule has 3 rings (SSSR count). The predicted molar refractivity (Wildman–Crippen MR) is 97.1 cm³/mol. The van der Waals surface area contributed by atoms with E-state index in [-0.39, 0.29) is 23.0 Å². The van der Waals surface area contributed by atoms with Gasteiger partial charge >= 0.3 is 12.0 Å². The third-order valence-corrected chi connectivity index (χ3v) is 5.90. The van der Waals surface area contributed by atoms with Gasteiger partial charge in [0.25, 0.3) is 10.0 Å².